The zero-order valence-corrected chi connectivity index (χ0v) is 11.6. The topological polar surface area (TPSA) is 59.9 Å². The first kappa shape index (κ1) is 15.0. The first-order chi connectivity index (χ1) is 9.17. The molecular weight excluding hydrogens is 244 g/mol. The molecule has 1 N–H and O–H groups in total. The zero-order chi connectivity index (χ0) is 14.1. The van der Waals surface area contributed by atoms with Gasteiger partial charge in [-0.15, -0.1) is 0 Å². The summed E-state index contributed by atoms with van der Waals surface area (Å²) in [7, 11) is 1.59. The molecule has 0 aliphatic carbocycles. The molecule has 1 rings (SSSR count). The Hall–Kier alpha value is -2.04. The van der Waals surface area contributed by atoms with Crippen molar-refractivity contribution in [1.29, 1.82) is 0 Å². The molecule has 5 nitrogen and oxygen atoms in total. The van der Waals surface area contributed by atoms with Crippen LogP contribution in [-0.4, -0.2) is 31.9 Å². The number of benzene rings is 1. The predicted octanol–water partition coefficient (Wildman–Crippen LogP) is 1.96. The minimum atomic E-state index is -0.175. The van der Waals surface area contributed by atoms with Crippen LogP contribution in [0.3, 0.4) is 0 Å². The largest absolute Gasteiger partial charge is 0.496 e. The first-order valence-electron chi connectivity index (χ1n) is 6.25. The third-order valence-electron chi connectivity index (χ3n) is 2.62. The van der Waals surface area contributed by atoms with Gasteiger partial charge in [-0.25, -0.2) is 0 Å². The number of hydrogen-bond acceptors (Lipinski definition) is 4. The highest BCUT2D eigenvalue weighted by molar-refractivity contribution is 5.83. The van der Waals surface area contributed by atoms with E-state index in [4.69, 9.17) is 9.57 Å². The number of rotatable bonds is 7. The highest BCUT2D eigenvalue weighted by atomic mass is 16.6. The Morgan fingerprint density at radius 3 is 2.89 bits per heavy atom. The van der Waals surface area contributed by atoms with Crippen LogP contribution >= 0.6 is 0 Å². The van der Waals surface area contributed by atoms with E-state index in [1.807, 2.05) is 38.1 Å². The Bertz CT molecular complexity index is 432. The predicted molar refractivity (Wildman–Crippen MR) is 74.4 cm³/mol. The van der Waals surface area contributed by atoms with Crippen LogP contribution in [-0.2, 0) is 9.63 Å². The summed E-state index contributed by atoms with van der Waals surface area (Å²) in [6.45, 7) is 3.86. The molecule has 0 saturated carbocycles. The van der Waals surface area contributed by atoms with E-state index < -0.39 is 0 Å². The lowest BCUT2D eigenvalue weighted by Gasteiger charge is -2.10. The number of nitrogens with one attached hydrogen (secondary N) is 1. The lowest BCUT2D eigenvalue weighted by Crippen LogP contribution is -2.34. The Balaban J connectivity index is 2.40. The molecule has 19 heavy (non-hydrogen) atoms. The molecule has 0 aliphatic heterocycles. The van der Waals surface area contributed by atoms with E-state index in [2.05, 4.69) is 10.5 Å². The fourth-order valence-electron chi connectivity index (χ4n) is 1.38. The van der Waals surface area contributed by atoms with Gasteiger partial charge in [0.1, 0.15) is 5.75 Å². The van der Waals surface area contributed by atoms with Crippen LogP contribution in [0.1, 0.15) is 25.8 Å². The third-order valence-corrected chi connectivity index (χ3v) is 2.62. The summed E-state index contributed by atoms with van der Waals surface area (Å²) < 4.78 is 5.16. The second kappa shape index (κ2) is 8.13. The molecule has 0 heterocycles. The number of oxime groups is 1. The van der Waals surface area contributed by atoms with Crippen molar-refractivity contribution in [3.05, 3.63) is 29.8 Å². The quantitative estimate of drug-likeness (QED) is 0.605. The summed E-state index contributed by atoms with van der Waals surface area (Å²) in [5.41, 5.74) is 0.798. The van der Waals surface area contributed by atoms with Crippen molar-refractivity contribution in [2.24, 2.45) is 5.16 Å². The lowest BCUT2D eigenvalue weighted by molar-refractivity contribution is -0.126. The summed E-state index contributed by atoms with van der Waals surface area (Å²) in [4.78, 5) is 16.4. The lowest BCUT2D eigenvalue weighted by atomic mass is 10.2. The standard InChI is InChI=1S/C14H20N2O3/c1-4-11(2)16-14(17)10-19-15-9-12-7-5-6-8-13(12)18-3/h5-9,11H,4,10H2,1-3H3,(H,16,17)/b15-9-/t11-/m0/s1. The maximum absolute atomic E-state index is 11.4. The van der Waals surface area contributed by atoms with E-state index >= 15 is 0 Å². The van der Waals surface area contributed by atoms with Gasteiger partial charge in [-0.1, -0.05) is 24.2 Å². The minimum absolute atomic E-state index is 0.0873. The number of methoxy groups -OCH3 is 1. The summed E-state index contributed by atoms with van der Waals surface area (Å²) in [6.07, 6.45) is 2.41. The molecule has 1 amide bonds. The minimum Gasteiger partial charge on any atom is -0.496 e. The average Bonchev–Trinajstić information content (AvgIpc) is 2.43. The second-order valence-electron chi connectivity index (χ2n) is 4.13. The fraction of sp³-hybridized carbons (Fsp3) is 0.429. The van der Waals surface area contributed by atoms with E-state index in [0.29, 0.717) is 5.75 Å². The van der Waals surface area contributed by atoms with E-state index in [1.54, 1.807) is 7.11 Å². The van der Waals surface area contributed by atoms with Gasteiger partial charge >= 0.3 is 0 Å². The number of para-hydroxylation sites is 1. The zero-order valence-electron chi connectivity index (χ0n) is 11.6. The summed E-state index contributed by atoms with van der Waals surface area (Å²) in [5.74, 6) is 0.533. The van der Waals surface area contributed by atoms with Gasteiger partial charge in [-0.2, -0.15) is 0 Å². The molecule has 0 bridgehead atoms. The second-order valence-corrected chi connectivity index (χ2v) is 4.13. The molecule has 104 valence electrons. The Kier molecular flexibility index (Phi) is 6.43. The van der Waals surface area contributed by atoms with Gasteiger partial charge in [0.25, 0.3) is 5.91 Å². The molecular formula is C14H20N2O3. The molecule has 0 aromatic heterocycles. The van der Waals surface area contributed by atoms with Gasteiger partial charge in [0.05, 0.1) is 13.3 Å². The van der Waals surface area contributed by atoms with Gasteiger partial charge < -0.3 is 14.9 Å². The molecule has 1 atom stereocenters. The van der Waals surface area contributed by atoms with E-state index in [1.165, 1.54) is 6.21 Å². The van der Waals surface area contributed by atoms with Crippen LogP contribution in [0.5, 0.6) is 5.75 Å². The molecule has 0 unspecified atom stereocenters. The SMILES string of the molecule is CC[C@H](C)NC(=O)CO/N=C\c1ccccc1OC. The van der Waals surface area contributed by atoms with E-state index in [0.717, 1.165) is 12.0 Å². The molecule has 0 saturated heterocycles. The Morgan fingerprint density at radius 1 is 1.47 bits per heavy atom. The molecule has 0 fully saturated rings. The average molecular weight is 264 g/mol. The van der Waals surface area contributed by atoms with Crippen LogP contribution in [0.2, 0.25) is 0 Å². The summed E-state index contributed by atoms with van der Waals surface area (Å²) in [5, 5.41) is 6.55. The number of amides is 1. The van der Waals surface area contributed by atoms with Gasteiger partial charge in [-0.05, 0) is 25.5 Å². The van der Waals surface area contributed by atoms with Crippen molar-refractivity contribution < 1.29 is 14.4 Å². The smallest absolute Gasteiger partial charge is 0.260 e. The molecule has 0 radical (unpaired) electrons. The maximum atomic E-state index is 11.4. The van der Waals surface area contributed by atoms with Crippen LogP contribution < -0.4 is 10.1 Å². The first-order valence-corrected chi connectivity index (χ1v) is 6.25. The van der Waals surface area contributed by atoms with Crippen LogP contribution in [0.4, 0.5) is 0 Å². The van der Waals surface area contributed by atoms with Crippen molar-refractivity contribution in [2.45, 2.75) is 26.3 Å². The van der Waals surface area contributed by atoms with Gasteiger partial charge in [0, 0.05) is 11.6 Å². The van der Waals surface area contributed by atoms with Crippen molar-refractivity contribution in [1.82, 2.24) is 5.32 Å². The van der Waals surface area contributed by atoms with Gasteiger partial charge in [0.15, 0.2) is 6.61 Å². The molecule has 5 heteroatoms. The van der Waals surface area contributed by atoms with Crippen molar-refractivity contribution in [3.8, 4) is 5.75 Å². The van der Waals surface area contributed by atoms with Gasteiger partial charge in [-0.3, -0.25) is 4.79 Å². The Labute approximate surface area is 113 Å². The number of carbonyl (C=O) groups is 1. The van der Waals surface area contributed by atoms with Crippen LogP contribution in [0.15, 0.2) is 29.4 Å². The highest BCUT2D eigenvalue weighted by Gasteiger charge is 2.05. The normalized spacial score (nSPS) is 12.2. The third kappa shape index (κ3) is 5.42. The summed E-state index contributed by atoms with van der Waals surface area (Å²) in [6, 6.07) is 7.58. The highest BCUT2D eigenvalue weighted by Crippen LogP contribution is 2.14. The summed E-state index contributed by atoms with van der Waals surface area (Å²) >= 11 is 0. The van der Waals surface area contributed by atoms with E-state index in [9.17, 15) is 4.79 Å². The van der Waals surface area contributed by atoms with Crippen LogP contribution in [0.25, 0.3) is 0 Å². The van der Waals surface area contributed by atoms with Crippen molar-refractivity contribution in [3.63, 3.8) is 0 Å². The van der Waals surface area contributed by atoms with Gasteiger partial charge in [0.2, 0.25) is 0 Å². The van der Waals surface area contributed by atoms with Crippen LogP contribution in [0, 0.1) is 0 Å². The maximum Gasteiger partial charge on any atom is 0.260 e. The number of ether oxygens (including phenoxy) is 1. The van der Waals surface area contributed by atoms with Crippen molar-refractivity contribution >= 4 is 12.1 Å². The fourth-order valence-corrected chi connectivity index (χ4v) is 1.38. The number of nitrogens with zero attached hydrogens (tertiary/aromatic N) is 1. The Morgan fingerprint density at radius 2 is 2.21 bits per heavy atom. The molecule has 0 aliphatic rings. The van der Waals surface area contributed by atoms with Crippen molar-refractivity contribution in [2.75, 3.05) is 13.7 Å². The number of carbonyl (C=O) groups excluding carboxylic acids is 1. The molecule has 1 aromatic rings. The molecule has 1 aromatic carbocycles. The number of hydrogen-bond donors (Lipinski definition) is 1. The molecule has 0 spiro atoms. The van der Waals surface area contributed by atoms with E-state index in [-0.39, 0.29) is 18.6 Å². The monoisotopic (exact) mass is 264 g/mol.